The highest BCUT2D eigenvalue weighted by Gasteiger charge is 2.33. The molecule has 0 radical (unpaired) electrons. The van der Waals surface area contributed by atoms with E-state index in [1.807, 2.05) is 0 Å². The van der Waals surface area contributed by atoms with E-state index in [2.05, 4.69) is 15.9 Å². The monoisotopic (exact) mass is 376 g/mol. The molecule has 0 unspecified atom stereocenters. The van der Waals surface area contributed by atoms with Crippen LogP contribution in [0.1, 0.15) is 32.1 Å². The molecule has 0 aliphatic heterocycles. The van der Waals surface area contributed by atoms with Gasteiger partial charge >= 0.3 is 0 Å². The van der Waals surface area contributed by atoms with Gasteiger partial charge in [-0.15, -0.1) is 0 Å². The number of sulfonamides is 1. The number of nitrogens with zero attached hydrogens (tertiary/aromatic N) is 1. The Hall–Kier alpha value is -0.630. The lowest BCUT2D eigenvalue weighted by Gasteiger charge is -2.33. The van der Waals surface area contributed by atoms with E-state index >= 15 is 0 Å². The van der Waals surface area contributed by atoms with E-state index in [0.29, 0.717) is 4.47 Å². The number of anilines is 1. The number of halogens is 1. The number of aliphatic hydroxyl groups excluding tert-OH is 1. The molecule has 0 amide bonds. The van der Waals surface area contributed by atoms with Crippen molar-refractivity contribution < 1.29 is 13.5 Å². The summed E-state index contributed by atoms with van der Waals surface area (Å²) in [5.74, 6) is 0. The minimum absolute atomic E-state index is 0.0470. The molecule has 1 aliphatic rings. The highest BCUT2D eigenvalue weighted by atomic mass is 79.9. The molecular weight excluding hydrogens is 356 g/mol. The molecular formula is C14H21BrN2O3S. The van der Waals surface area contributed by atoms with Crippen LogP contribution in [0.15, 0.2) is 27.6 Å². The van der Waals surface area contributed by atoms with Gasteiger partial charge in [-0.3, -0.25) is 0 Å². The normalized spacial score (nSPS) is 17.3. The predicted octanol–water partition coefficient (Wildman–Crippen LogP) is 2.35. The van der Waals surface area contributed by atoms with Crippen LogP contribution in [0.5, 0.6) is 0 Å². The summed E-state index contributed by atoms with van der Waals surface area (Å²) in [6.45, 7) is -0.0808. The molecule has 1 aromatic rings. The lowest BCUT2D eigenvalue weighted by atomic mass is 9.95. The summed E-state index contributed by atoms with van der Waals surface area (Å²) in [6.07, 6.45) is 4.87. The topological polar surface area (TPSA) is 83.6 Å². The smallest absolute Gasteiger partial charge is 0.245 e. The van der Waals surface area contributed by atoms with Crippen molar-refractivity contribution >= 4 is 31.6 Å². The van der Waals surface area contributed by atoms with Crippen molar-refractivity contribution in [1.29, 1.82) is 0 Å². The van der Waals surface area contributed by atoms with Gasteiger partial charge in [-0.25, -0.2) is 8.42 Å². The van der Waals surface area contributed by atoms with E-state index in [4.69, 9.17) is 5.73 Å². The van der Waals surface area contributed by atoms with Gasteiger partial charge in [-0.1, -0.05) is 35.2 Å². The molecule has 3 N–H and O–H groups in total. The van der Waals surface area contributed by atoms with E-state index < -0.39 is 10.0 Å². The number of rotatable bonds is 5. The molecule has 1 fully saturated rings. The Bertz CT molecular complexity index is 586. The first-order valence-electron chi connectivity index (χ1n) is 7.14. The van der Waals surface area contributed by atoms with Crippen molar-refractivity contribution in [3.05, 3.63) is 22.7 Å². The lowest BCUT2D eigenvalue weighted by molar-refractivity contribution is 0.199. The van der Waals surface area contributed by atoms with Gasteiger partial charge in [-0.05, 0) is 31.0 Å². The fraction of sp³-hybridized carbons (Fsp3) is 0.571. The summed E-state index contributed by atoms with van der Waals surface area (Å²) in [5, 5.41) is 9.25. The zero-order valence-corrected chi connectivity index (χ0v) is 14.2. The van der Waals surface area contributed by atoms with Crippen LogP contribution in [0.3, 0.4) is 0 Å². The second-order valence-electron chi connectivity index (χ2n) is 5.31. The first-order valence-corrected chi connectivity index (χ1v) is 9.38. The zero-order chi connectivity index (χ0) is 15.5. The Balaban J connectivity index is 2.39. The molecule has 0 spiro atoms. The molecule has 0 atom stereocenters. The molecule has 1 aromatic carbocycles. The quantitative estimate of drug-likeness (QED) is 0.772. The van der Waals surface area contributed by atoms with Gasteiger partial charge in [0.15, 0.2) is 0 Å². The third-order valence-corrected chi connectivity index (χ3v) is 6.37. The molecule has 2 rings (SSSR count). The van der Waals surface area contributed by atoms with Crippen LogP contribution in [0.4, 0.5) is 5.69 Å². The number of nitrogens with two attached hydrogens (primary N) is 1. The van der Waals surface area contributed by atoms with Gasteiger partial charge in [0.05, 0.1) is 12.3 Å². The van der Waals surface area contributed by atoms with Crippen molar-refractivity contribution in [2.45, 2.75) is 43.0 Å². The van der Waals surface area contributed by atoms with Crippen LogP contribution < -0.4 is 5.73 Å². The first-order chi connectivity index (χ1) is 9.96. The predicted molar refractivity (Wildman–Crippen MR) is 86.4 cm³/mol. The van der Waals surface area contributed by atoms with Crippen molar-refractivity contribution in [1.82, 2.24) is 4.31 Å². The second kappa shape index (κ2) is 7.09. The molecule has 0 bridgehead atoms. The third kappa shape index (κ3) is 3.77. The van der Waals surface area contributed by atoms with Gasteiger partial charge in [0.2, 0.25) is 10.0 Å². The van der Waals surface area contributed by atoms with Crippen molar-refractivity contribution in [3.8, 4) is 0 Å². The summed E-state index contributed by atoms with van der Waals surface area (Å²) < 4.78 is 27.9. The van der Waals surface area contributed by atoms with Crippen LogP contribution in [-0.2, 0) is 10.0 Å². The largest absolute Gasteiger partial charge is 0.398 e. The molecule has 21 heavy (non-hydrogen) atoms. The van der Waals surface area contributed by atoms with E-state index in [0.717, 1.165) is 32.1 Å². The van der Waals surface area contributed by atoms with Gasteiger partial charge in [0.1, 0.15) is 4.90 Å². The maximum Gasteiger partial charge on any atom is 0.245 e. The van der Waals surface area contributed by atoms with Crippen molar-refractivity contribution in [3.63, 3.8) is 0 Å². The Labute approximate surface area is 134 Å². The maximum atomic E-state index is 12.9. The highest BCUT2D eigenvalue weighted by molar-refractivity contribution is 9.10. The average Bonchev–Trinajstić information content (AvgIpc) is 2.48. The van der Waals surface area contributed by atoms with Crippen LogP contribution in [-0.4, -0.2) is 37.0 Å². The SMILES string of the molecule is Nc1ccc(Br)cc1S(=O)(=O)N(CCO)C1CCCCC1. The Morgan fingerprint density at radius 3 is 2.57 bits per heavy atom. The number of benzene rings is 1. The van der Waals surface area contributed by atoms with E-state index in [-0.39, 0.29) is 29.8 Å². The second-order valence-corrected chi connectivity index (χ2v) is 8.09. The molecule has 0 saturated heterocycles. The molecule has 5 nitrogen and oxygen atoms in total. The summed E-state index contributed by atoms with van der Waals surface area (Å²) in [4.78, 5) is 0.107. The Morgan fingerprint density at radius 1 is 1.29 bits per heavy atom. The van der Waals surface area contributed by atoms with Gasteiger partial charge in [-0.2, -0.15) is 4.31 Å². The summed E-state index contributed by atoms with van der Waals surface area (Å²) in [6, 6.07) is 4.77. The van der Waals surface area contributed by atoms with Crippen molar-refractivity contribution in [2.75, 3.05) is 18.9 Å². The molecule has 1 aliphatic carbocycles. The Morgan fingerprint density at radius 2 is 1.95 bits per heavy atom. The fourth-order valence-corrected chi connectivity index (χ4v) is 5.16. The van der Waals surface area contributed by atoms with Gasteiger partial charge in [0, 0.05) is 17.1 Å². The maximum absolute atomic E-state index is 12.9. The summed E-state index contributed by atoms with van der Waals surface area (Å²) in [7, 11) is -3.70. The third-order valence-electron chi connectivity index (χ3n) is 3.86. The van der Waals surface area contributed by atoms with Gasteiger partial charge in [0.25, 0.3) is 0 Å². The number of nitrogen functional groups attached to an aromatic ring is 1. The minimum atomic E-state index is -3.70. The van der Waals surface area contributed by atoms with Gasteiger partial charge < -0.3 is 10.8 Å². The van der Waals surface area contributed by atoms with Crippen LogP contribution in [0.2, 0.25) is 0 Å². The van der Waals surface area contributed by atoms with Crippen LogP contribution >= 0.6 is 15.9 Å². The minimum Gasteiger partial charge on any atom is -0.398 e. The fourth-order valence-electron chi connectivity index (χ4n) is 2.82. The van der Waals surface area contributed by atoms with E-state index in [9.17, 15) is 13.5 Å². The molecule has 118 valence electrons. The summed E-state index contributed by atoms with van der Waals surface area (Å²) >= 11 is 3.29. The number of hydrogen-bond donors (Lipinski definition) is 2. The summed E-state index contributed by atoms with van der Waals surface area (Å²) in [5.41, 5.74) is 6.08. The molecule has 0 heterocycles. The van der Waals surface area contributed by atoms with Crippen molar-refractivity contribution in [2.24, 2.45) is 0 Å². The lowest BCUT2D eigenvalue weighted by Crippen LogP contribution is -2.43. The number of hydrogen-bond acceptors (Lipinski definition) is 4. The van der Waals surface area contributed by atoms with E-state index in [1.165, 1.54) is 10.4 Å². The van der Waals surface area contributed by atoms with E-state index in [1.54, 1.807) is 12.1 Å². The zero-order valence-electron chi connectivity index (χ0n) is 11.8. The molecule has 1 saturated carbocycles. The average molecular weight is 377 g/mol. The molecule has 7 heteroatoms. The highest BCUT2D eigenvalue weighted by Crippen LogP contribution is 2.31. The van der Waals surface area contributed by atoms with Crippen LogP contribution in [0.25, 0.3) is 0 Å². The standard InChI is InChI=1S/C14H21BrN2O3S/c15-11-6-7-13(16)14(10-11)21(19,20)17(8-9-18)12-4-2-1-3-5-12/h6-7,10,12,18H,1-5,8-9,16H2. The Kier molecular flexibility index (Phi) is 5.65. The first kappa shape index (κ1) is 16.7. The molecule has 0 aromatic heterocycles. The van der Waals surface area contributed by atoms with Crippen LogP contribution in [0, 0.1) is 0 Å². The number of aliphatic hydroxyl groups is 1.